The molecular weight excluding hydrogens is 698 g/mol. The van der Waals surface area contributed by atoms with Crippen LogP contribution in [0, 0.1) is 0 Å². The summed E-state index contributed by atoms with van der Waals surface area (Å²) in [6.45, 7) is 0.622. The van der Waals surface area contributed by atoms with Crippen molar-refractivity contribution in [3.05, 3.63) is 114 Å². The van der Waals surface area contributed by atoms with Crippen molar-refractivity contribution in [3.8, 4) is 6.01 Å². The zero-order valence-corrected chi connectivity index (χ0v) is 30.0. The first-order valence-corrected chi connectivity index (χ1v) is 17.8. The Morgan fingerprint density at radius 3 is 1.89 bits per heavy atom. The van der Waals surface area contributed by atoms with Gasteiger partial charge in [-0.25, -0.2) is 4.98 Å². The lowest BCUT2D eigenvalue weighted by molar-refractivity contribution is -0.329. The molecule has 3 aromatic carbocycles. The zero-order valence-electron chi connectivity index (χ0n) is 30.0. The van der Waals surface area contributed by atoms with Gasteiger partial charge in [0.1, 0.15) is 42.7 Å². The van der Waals surface area contributed by atoms with E-state index in [0.717, 1.165) is 16.7 Å². The standard InChI is InChI=1S/C39H45N5O10/c1-40-35-29-36(43-39(42-35)48-2)44(23-41-29)37-32(47)33(28(52-37)22-50-19-25-14-8-4-9-15-25)54-38-34(51-20-26-16-10-5-11-17-26)31(46)30(45)27(53-38)21-49-18-24-12-6-3-7-13-24/h3-17,23,27-28,30-34,37-38,45-47H,18-22H2,1-2H3,(H,40,42,43)/t27-,28-,30-,31+,32-,33-,34-,37-,38-/m1/s1. The van der Waals surface area contributed by atoms with Crippen LogP contribution in [0.4, 0.5) is 5.82 Å². The summed E-state index contributed by atoms with van der Waals surface area (Å²) in [7, 11) is 3.16. The third kappa shape index (κ3) is 8.55. The van der Waals surface area contributed by atoms with Gasteiger partial charge < -0.3 is 53.8 Å². The monoisotopic (exact) mass is 743 g/mol. The lowest BCUT2D eigenvalue weighted by atomic mass is 9.98. The van der Waals surface area contributed by atoms with Crippen molar-refractivity contribution in [1.29, 1.82) is 0 Å². The maximum absolute atomic E-state index is 12.0. The van der Waals surface area contributed by atoms with Gasteiger partial charge in [0.2, 0.25) is 0 Å². The molecule has 286 valence electrons. The molecule has 0 unspecified atom stereocenters. The van der Waals surface area contributed by atoms with Gasteiger partial charge in [0.05, 0.1) is 46.5 Å². The highest BCUT2D eigenvalue weighted by atomic mass is 16.7. The number of aliphatic hydroxyl groups is 3. The number of aliphatic hydroxyl groups excluding tert-OH is 3. The third-order valence-corrected chi connectivity index (χ3v) is 9.41. The number of anilines is 1. The van der Waals surface area contributed by atoms with E-state index in [9.17, 15) is 15.3 Å². The second-order valence-electron chi connectivity index (χ2n) is 13.1. The molecule has 0 spiro atoms. The average molecular weight is 744 g/mol. The predicted molar refractivity (Wildman–Crippen MR) is 194 cm³/mol. The second-order valence-corrected chi connectivity index (χ2v) is 13.1. The van der Waals surface area contributed by atoms with E-state index in [-0.39, 0.29) is 39.0 Å². The van der Waals surface area contributed by atoms with E-state index in [0.29, 0.717) is 17.0 Å². The molecule has 7 rings (SSSR count). The number of benzene rings is 3. The van der Waals surface area contributed by atoms with Crippen LogP contribution in [-0.4, -0.2) is 111 Å². The van der Waals surface area contributed by atoms with Crippen LogP contribution >= 0.6 is 0 Å². The van der Waals surface area contributed by atoms with Crippen molar-refractivity contribution in [1.82, 2.24) is 19.5 Å². The topological polar surface area (TPSA) is 181 Å². The van der Waals surface area contributed by atoms with Gasteiger partial charge in [0.15, 0.2) is 29.5 Å². The van der Waals surface area contributed by atoms with Crippen LogP contribution in [0.3, 0.4) is 0 Å². The van der Waals surface area contributed by atoms with Crippen LogP contribution in [-0.2, 0) is 48.2 Å². The lowest BCUT2D eigenvalue weighted by Gasteiger charge is -2.43. The minimum atomic E-state index is -1.43. The number of rotatable bonds is 16. The molecule has 0 aliphatic carbocycles. The maximum Gasteiger partial charge on any atom is 0.320 e. The highest BCUT2D eigenvalue weighted by Crippen LogP contribution is 2.37. The Morgan fingerprint density at radius 1 is 0.704 bits per heavy atom. The minimum absolute atomic E-state index is 0.0247. The Balaban J connectivity index is 1.16. The number of hydrogen-bond acceptors (Lipinski definition) is 14. The van der Waals surface area contributed by atoms with Crippen molar-refractivity contribution < 1.29 is 48.5 Å². The quantitative estimate of drug-likeness (QED) is 0.116. The molecule has 4 N–H and O–H groups in total. The highest BCUT2D eigenvalue weighted by Gasteiger charge is 2.52. The molecule has 5 aromatic rings. The molecule has 2 aliphatic heterocycles. The molecule has 2 aliphatic rings. The number of fused-ring (bicyclic) bond motifs is 1. The van der Waals surface area contributed by atoms with Crippen LogP contribution in [0.2, 0.25) is 0 Å². The Labute approximate surface area is 312 Å². The van der Waals surface area contributed by atoms with Crippen LogP contribution in [0.1, 0.15) is 22.9 Å². The summed E-state index contributed by atoms with van der Waals surface area (Å²) in [5, 5.41) is 37.8. The van der Waals surface area contributed by atoms with E-state index in [1.165, 1.54) is 13.4 Å². The predicted octanol–water partition coefficient (Wildman–Crippen LogP) is 2.99. The van der Waals surface area contributed by atoms with E-state index in [2.05, 4.69) is 20.3 Å². The van der Waals surface area contributed by atoms with E-state index in [1.807, 2.05) is 91.0 Å². The second kappa shape index (κ2) is 17.7. The van der Waals surface area contributed by atoms with E-state index in [1.54, 1.807) is 11.6 Å². The third-order valence-electron chi connectivity index (χ3n) is 9.41. The van der Waals surface area contributed by atoms with Crippen molar-refractivity contribution in [3.63, 3.8) is 0 Å². The van der Waals surface area contributed by atoms with Gasteiger partial charge >= 0.3 is 6.01 Å². The summed E-state index contributed by atoms with van der Waals surface area (Å²) in [4.78, 5) is 13.3. The number of hydrogen-bond donors (Lipinski definition) is 4. The molecule has 2 aromatic heterocycles. The molecule has 15 heteroatoms. The van der Waals surface area contributed by atoms with E-state index >= 15 is 0 Å². The van der Waals surface area contributed by atoms with Gasteiger partial charge in [0, 0.05) is 7.05 Å². The number of methoxy groups -OCH3 is 1. The van der Waals surface area contributed by atoms with Gasteiger partial charge in [-0.2, -0.15) is 9.97 Å². The summed E-state index contributed by atoms with van der Waals surface area (Å²) < 4.78 is 44.6. The fourth-order valence-corrected chi connectivity index (χ4v) is 6.59. The molecule has 4 heterocycles. The Morgan fingerprint density at radius 2 is 1.30 bits per heavy atom. The molecule has 2 saturated heterocycles. The Kier molecular flexibility index (Phi) is 12.4. The molecule has 0 amide bonds. The van der Waals surface area contributed by atoms with E-state index in [4.69, 9.17) is 33.2 Å². The largest absolute Gasteiger partial charge is 0.467 e. The summed E-state index contributed by atoms with van der Waals surface area (Å²) in [6, 6.07) is 28.8. The van der Waals surface area contributed by atoms with Gasteiger partial charge in [-0.1, -0.05) is 91.0 Å². The number of ether oxygens (including phenoxy) is 7. The number of imidazole rings is 1. The first-order chi connectivity index (χ1) is 26.4. The highest BCUT2D eigenvalue weighted by molar-refractivity contribution is 5.83. The van der Waals surface area contributed by atoms with Crippen LogP contribution < -0.4 is 10.1 Å². The fraction of sp³-hybridized carbons (Fsp3) is 0.410. The van der Waals surface area contributed by atoms with Crippen molar-refractivity contribution in [2.45, 2.75) is 75.1 Å². The first-order valence-electron chi connectivity index (χ1n) is 17.8. The summed E-state index contributed by atoms with van der Waals surface area (Å²) >= 11 is 0. The van der Waals surface area contributed by atoms with Gasteiger partial charge in [-0.05, 0) is 16.7 Å². The van der Waals surface area contributed by atoms with E-state index < -0.39 is 55.2 Å². The van der Waals surface area contributed by atoms with Gasteiger partial charge in [0.25, 0.3) is 0 Å². The number of nitrogens with one attached hydrogen (secondary N) is 1. The normalized spacial score (nSPS) is 26.9. The van der Waals surface area contributed by atoms with Crippen molar-refractivity contribution in [2.24, 2.45) is 0 Å². The minimum Gasteiger partial charge on any atom is -0.467 e. The van der Waals surface area contributed by atoms with Crippen molar-refractivity contribution >= 4 is 17.0 Å². The first kappa shape index (κ1) is 37.8. The van der Waals surface area contributed by atoms with Crippen LogP contribution in [0.15, 0.2) is 97.3 Å². The maximum atomic E-state index is 12.0. The van der Waals surface area contributed by atoms with Crippen LogP contribution in [0.25, 0.3) is 11.2 Å². The molecule has 15 nitrogen and oxygen atoms in total. The van der Waals surface area contributed by atoms with Crippen molar-refractivity contribution in [2.75, 3.05) is 32.7 Å². The molecule has 0 bridgehead atoms. The SMILES string of the molecule is CNc1nc(OC)nc2c1ncn2[C@@H]1O[C@H](COCc2ccccc2)[C@@H](O[C@H]2O[C@H](COCc3ccccc3)[C@@H](O)[C@H](O)[C@H]2OCc2ccccc2)[C@H]1O. The molecular formula is C39H45N5O10. The van der Waals surface area contributed by atoms with Gasteiger partial charge in [-0.3, -0.25) is 4.57 Å². The van der Waals surface area contributed by atoms with Crippen LogP contribution in [0.5, 0.6) is 6.01 Å². The molecule has 9 atom stereocenters. The smallest absolute Gasteiger partial charge is 0.320 e. The number of nitrogens with zero attached hydrogens (tertiary/aromatic N) is 4. The average Bonchev–Trinajstić information content (AvgIpc) is 3.77. The summed E-state index contributed by atoms with van der Waals surface area (Å²) in [6.07, 6.45) is -8.98. The fourth-order valence-electron chi connectivity index (χ4n) is 6.59. The summed E-state index contributed by atoms with van der Waals surface area (Å²) in [5.41, 5.74) is 3.53. The van der Waals surface area contributed by atoms with Gasteiger partial charge in [-0.15, -0.1) is 0 Å². The molecule has 54 heavy (non-hydrogen) atoms. The molecule has 2 fully saturated rings. The zero-order chi connectivity index (χ0) is 37.4. The Hall–Kier alpha value is -4.55. The lowest BCUT2D eigenvalue weighted by Crippen LogP contribution is -2.61. The summed E-state index contributed by atoms with van der Waals surface area (Å²) in [5.74, 6) is 0.431. The molecule has 0 saturated carbocycles. The number of aromatic nitrogens is 4. The molecule has 0 radical (unpaired) electrons. The Bertz CT molecular complexity index is 1900.